The quantitative estimate of drug-likeness (QED) is 0.174. The molecule has 3 aromatic carbocycles. The van der Waals surface area contributed by atoms with Crippen molar-refractivity contribution in [2.45, 2.75) is 51.9 Å². The maximum Gasteiger partial charge on any atom is 0.573 e. The van der Waals surface area contributed by atoms with E-state index in [0.29, 0.717) is 31.7 Å². The molecule has 1 fully saturated rings. The second-order valence-corrected chi connectivity index (χ2v) is 11.2. The lowest BCUT2D eigenvalue weighted by atomic mass is 10.0. The van der Waals surface area contributed by atoms with Gasteiger partial charge in [0.05, 0.1) is 10.6 Å². The van der Waals surface area contributed by atoms with Gasteiger partial charge in [-0.3, -0.25) is 9.80 Å². The fourth-order valence-corrected chi connectivity index (χ4v) is 5.84. The van der Waals surface area contributed by atoms with Crippen LogP contribution >= 0.6 is 11.6 Å². The highest BCUT2D eigenvalue weighted by Crippen LogP contribution is 2.37. The fourth-order valence-electron chi connectivity index (χ4n) is 5.55. The summed E-state index contributed by atoms with van der Waals surface area (Å²) in [4.78, 5) is 4.42. The molecular weight excluding hydrogens is 592 g/mol. The number of hydrogen-bond donors (Lipinski definition) is 0. The van der Waals surface area contributed by atoms with Gasteiger partial charge in [0.25, 0.3) is 0 Å². The van der Waals surface area contributed by atoms with Gasteiger partial charge in [0.2, 0.25) is 0 Å². The number of halogens is 7. The maximum atomic E-state index is 13.3. The van der Waals surface area contributed by atoms with Crippen LogP contribution in [-0.2, 0) is 25.8 Å². The average molecular weight is 624 g/mol. The molecule has 1 aliphatic heterocycles. The fraction of sp³-hybridized carbons (Fsp3) is 0.375. The van der Waals surface area contributed by atoms with Gasteiger partial charge in [0.1, 0.15) is 5.75 Å². The second-order valence-electron chi connectivity index (χ2n) is 10.8. The summed E-state index contributed by atoms with van der Waals surface area (Å²) in [6.45, 7) is 6.90. The third kappa shape index (κ3) is 7.66. The average Bonchev–Trinajstić information content (AvgIpc) is 3.30. The molecule has 4 aromatic rings. The van der Waals surface area contributed by atoms with Gasteiger partial charge in [-0.1, -0.05) is 55.3 Å². The zero-order valence-corrected chi connectivity index (χ0v) is 24.4. The Hall–Kier alpha value is -3.21. The molecular formula is C32H32ClF6N3O. The number of piperazine rings is 1. The number of unbranched alkanes of at least 4 members (excludes halogenated alkanes) is 1. The molecule has 0 saturated carbocycles. The minimum atomic E-state index is -4.75. The van der Waals surface area contributed by atoms with Crippen LogP contribution in [0.1, 0.15) is 36.5 Å². The minimum Gasteiger partial charge on any atom is -0.406 e. The third-order valence-electron chi connectivity index (χ3n) is 7.75. The van der Waals surface area contributed by atoms with E-state index in [4.69, 9.17) is 11.6 Å². The SMILES string of the molecule is CCCCn1cc(-c2ccc(OC(F)(F)F)cc2)c2cc(CN3CCN(Cc4cccc(C(F)(F)F)c4Cl)CC3)ccc21. The molecule has 1 saturated heterocycles. The summed E-state index contributed by atoms with van der Waals surface area (Å²) in [5.74, 6) is -0.263. The first-order valence-corrected chi connectivity index (χ1v) is 14.6. The van der Waals surface area contributed by atoms with Gasteiger partial charge in [-0.05, 0) is 53.4 Å². The number of ether oxygens (including phenoxy) is 1. The number of fused-ring (bicyclic) bond motifs is 1. The van der Waals surface area contributed by atoms with E-state index in [1.165, 1.54) is 18.2 Å². The van der Waals surface area contributed by atoms with E-state index in [2.05, 4.69) is 50.4 Å². The van der Waals surface area contributed by atoms with E-state index in [-0.39, 0.29) is 10.8 Å². The Morgan fingerprint density at radius 3 is 2.14 bits per heavy atom. The van der Waals surface area contributed by atoms with Crippen LogP contribution in [0.15, 0.2) is 66.9 Å². The van der Waals surface area contributed by atoms with Gasteiger partial charge in [-0.15, -0.1) is 13.2 Å². The van der Waals surface area contributed by atoms with Gasteiger partial charge in [0, 0.05) is 68.5 Å². The third-order valence-corrected chi connectivity index (χ3v) is 8.19. The highest BCUT2D eigenvalue weighted by atomic mass is 35.5. The van der Waals surface area contributed by atoms with E-state index in [1.807, 2.05) is 0 Å². The van der Waals surface area contributed by atoms with Crippen molar-refractivity contribution in [3.8, 4) is 16.9 Å². The van der Waals surface area contributed by atoms with Crippen molar-refractivity contribution >= 4 is 22.5 Å². The molecule has 0 unspecified atom stereocenters. The van der Waals surface area contributed by atoms with Crippen molar-refractivity contribution in [2.75, 3.05) is 26.2 Å². The Bertz CT molecular complexity index is 1540. The first-order valence-electron chi connectivity index (χ1n) is 14.2. The summed E-state index contributed by atoms with van der Waals surface area (Å²) in [6, 6.07) is 16.3. The van der Waals surface area contributed by atoms with Crippen LogP contribution in [0.5, 0.6) is 5.75 Å². The molecule has 0 bridgehead atoms. The van der Waals surface area contributed by atoms with Crippen LogP contribution in [0.3, 0.4) is 0 Å². The molecule has 230 valence electrons. The molecule has 0 atom stereocenters. The highest BCUT2D eigenvalue weighted by Gasteiger charge is 2.34. The van der Waals surface area contributed by atoms with Crippen molar-refractivity contribution in [3.63, 3.8) is 0 Å². The smallest absolute Gasteiger partial charge is 0.406 e. The molecule has 0 aliphatic carbocycles. The molecule has 0 N–H and O–H groups in total. The van der Waals surface area contributed by atoms with Crippen LogP contribution in [0.4, 0.5) is 26.3 Å². The lowest BCUT2D eigenvalue weighted by Crippen LogP contribution is -2.45. The number of nitrogens with zero attached hydrogens (tertiary/aromatic N) is 3. The Balaban J connectivity index is 1.29. The largest absolute Gasteiger partial charge is 0.573 e. The van der Waals surface area contributed by atoms with Gasteiger partial charge in [-0.2, -0.15) is 13.2 Å². The van der Waals surface area contributed by atoms with Gasteiger partial charge in [-0.25, -0.2) is 0 Å². The van der Waals surface area contributed by atoms with Gasteiger partial charge >= 0.3 is 12.5 Å². The molecule has 1 aromatic heterocycles. The minimum absolute atomic E-state index is 0.241. The normalized spacial score (nSPS) is 15.3. The number of alkyl halides is 6. The molecule has 4 nitrogen and oxygen atoms in total. The highest BCUT2D eigenvalue weighted by molar-refractivity contribution is 6.32. The predicted molar refractivity (Wildman–Crippen MR) is 156 cm³/mol. The Labute approximate surface area is 251 Å². The summed E-state index contributed by atoms with van der Waals surface area (Å²) in [5.41, 5.74) is 3.56. The van der Waals surface area contributed by atoms with Crippen LogP contribution in [-0.4, -0.2) is 46.9 Å². The number of aryl methyl sites for hydroxylation is 1. The predicted octanol–water partition coefficient (Wildman–Crippen LogP) is 9.00. The van der Waals surface area contributed by atoms with Crippen molar-refractivity contribution in [2.24, 2.45) is 0 Å². The lowest BCUT2D eigenvalue weighted by Gasteiger charge is -2.35. The van der Waals surface area contributed by atoms with Crippen LogP contribution < -0.4 is 4.74 Å². The summed E-state index contributed by atoms with van der Waals surface area (Å²) >= 11 is 6.11. The van der Waals surface area contributed by atoms with Crippen molar-refractivity contribution in [1.82, 2.24) is 14.4 Å². The summed E-state index contributed by atoms with van der Waals surface area (Å²) in [7, 11) is 0. The van der Waals surface area contributed by atoms with E-state index >= 15 is 0 Å². The zero-order valence-electron chi connectivity index (χ0n) is 23.6. The zero-order chi connectivity index (χ0) is 30.8. The summed E-state index contributed by atoms with van der Waals surface area (Å²) in [5, 5.41) is 0.783. The molecule has 2 heterocycles. The van der Waals surface area contributed by atoms with Crippen LogP contribution in [0.2, 0.25) is 5.02 Å². The Kier molecular flexibility index (Phi) is 9.29. The molecule has 1 aliphatic rings. The van der Waals surface area contributed by atoms with E-state index in [0.717, 1.165) is 66.1 Å². The van der Waals surface area contributed by atoms with Crippen LogP contribution in [0, 0.1) is 0 Å². The molecule has 0 radical (unpaired) electrons. The molecule has 43 heavy (non-hydrogen) atoms. The Morgan fingerprint density at radius 2 is 1.51 bits per heavy atom. The number of hydrogen-bond acceptors (Lipinski definition) is 3. The lowest BCUT2D eigenvalue weighted by molar-refractivity contribution is -0.274. The molecule has 0 amide bonds. The summed E-state index contributed by atoms with van der Waals surface area (Å²) in [6.07, 6.45) is -5.15. The summed E-state index contributed by atoms with van der Waals surface area (Å²) < 4.78 is 84.0. The molecule has 11 heteroatoms. The first-order chi connectivity index (χ1) is 20.4. The van der Waals surface area contributed by atoms with E-state index in [9.17, 15) is 26.3 Å². The van der Waals surface area contributed by atoms with E-state index < -0.39 is 18.1 Å². The molecule has 5 rings (SSSR count). The number of aromatic nitrogens is 1. The standard InChI is InChI=1S/C32H32ClF6N3O/c1-2-3-13-42-21-27(23-8-10-25(11-9-23)43-32(37,38)39)26-18-22(7-12-29(26)42)19-40-14-16-41(17-15-40)20-24-5-4-6-28(30(24)33)31(34,35)36/h4-12,18,21H,2-3,13-17,19-20H2,1H3. The van der Waals surface area contributed by atoms with Crippen LogP contribution in [0.25, 0.3) is 22.0 Å². The van der Waals surface area contributed by atoms with Crippen molar-refractivity contribution in [3.05, 3.63) is 88.6 Å². The second kappa shape index (κ2) is 12.8. The monoisotopic (exact) mass is 623 g/mol. The van der Waals surface area contributed by atoms with E-state index in [1.54, 1.807) is 18.2 Å². The van der Waals surface area contributed by atoms with Gasteiger partial charge < -0.3 is 9.30 Å². The number of benzene rings is 3. The Morgan fingerprint density at radius 1 is 0.837 bits per heavy atom. The van der Waals surface area contributed by atoms with Crippen molar-refractivity contribution in [1.29, 1.82) is 0 Å². The number of rotatable bonds is 9. The first kappa shape index (κ1) is 31.2. The van der Waals surface area contributed by atoms with Gasteiger partial charge in [0.15, 0.2) is 0 Å². The topological polar surface area (TPSA) is 20.6 Å². The molecule has 0 spiro atoms. The van der Waals surface area contributed by atoms with Crippen molar-refractivity contribution < 1.29 is 31.1 Å². The maximum absolute atomic E-state index is 13.3.